The Morgan fingerprint density at radius 2 is 1.90 bits per heavy atom. The fourth-order valence-electron chi connectivity index (χ4n) is 0.794. The van der Waals surface area contributed by atoms with Crippen LogP contribution in [0.2, 0.25) is 0 Å². The first-order chi connectivity index (χ1) is 4.50. The SMILES string of the molecule is CCCCC(C)(N)[C](C)C. The predicted octanol–water partition coefficient (Wildman–Crippen LogP) is 2.51. The maximum atomic E-state index is 6.01. The van der Waals surface area contributed by atoms with Crippen molar-refractivity contribution in [1.29, 1.82) is 0 Å². The molecule has 0 bridgehead atoms. The molecule has 0 aromatic carbocycles. The summed E-state index contributed by atoms with van der Waals surface area (Å²) in [5.41, 5.74) is 5.98. The highest BCUT2D eigenvalue weighted by Crippen LogP contribution is 2.21. The third kappa shape index (κ3) is 3.21. The van der Waals surface area contributed by atoms with Crippen LogP contribution in [0.4, 0.5) is 0 Å². The minimum Gasteiger partial charge on any atom is -0.325 e. The molecule has 0 amide bonds. The Hall–Kier alpha value is -0.0400. The summed E-state index contributed by atoms with van der Waals surface area (Å²) >= 11 is 0. The molecule has 2 N–H and O–H groups in total. The van der Waals surface area contributed by atoms with E-state index < -0.39 is 0 Å². The van der Waals surface area contributed by atoms with Gasteiger partial charge in [-0.3, -0.25) is 0 Å². The van der Waals surface area contributed by atoms with Crippen molar-refractivity contribution in [1.82, 2.24) is 0 Å². The van der Waals surface area contributed by atoms with Crippen LogP contribution >= 0.6 is 0 Å². The Labute approximate surface area is 65.0 Å². The van der Waals surface area contributed by atoms with Crippen molar-refractivity contribution < 1.29 is 0 Å². The Morgan fingerprint density at radius 3 is 2.20 bits per heavy atom. The fourth-order valence-corrected chi connectivity index (χ4v) is 0.794. The fraction of sp³-hybridized carbons (Fsp3) is 0.889. The van der Waals surface area contributed by atoms with E-state index in [2.05, 4.69) is 27.7 Å². The topological polar surface area (TPSA) is 26.0 Å². The molecule has 0 aliphatic heterocycles. The third-order valence-electron chi connectivity index (χ3n) is 2.19. The number of rotatable bonds is 4. The molecule has 1 radical (unpaired) electrons. The normalized spacial score (nSPS) is 17.4. The quantitative estimate of drug-likeness (QED) is 0.641. The number of unbranched alkanes of at least 4 members (excludes halogenated alkanes) is 1. The molecule has 0 spiro atoms. The van der Waals surface area contributed by atoms with Crippen molar-refractivity contribution >= 4 is 0 Å². The van der Waals surface area contributed by atoms with Crippen molar-refractivity contribution in [3.05, 3.63) is 5.92 Å². The van der Waals surface area contributed by atoms with E-state index >= 15 is 0 Å². The smallest absolute Gasteiger partial charge is 0.0183 e. The molecule has 0 fully saturated rings. The van der Waals surface area contributed by atoms with Crippen LogP contribution in [0.3, 0.4) is 0 Å². The lowest BCUT2D eigenvalue weighted by Gasteiger charge is -2.28. The van der Waals surface area contributed by atoms with Crippen molar-refractivity contribution in [3.8, 4) is 0 Å². The molecule has 0 heterocycles. The molecule has 0 aliphatic rings. The zero-order valence-corrected chi connectivity index (χ0v) is 7.70. The summed E-state index contributed by atoms with van der Waals surface area (Å²) in [5, 5.41) is 0. The molecule has 0 aromatic rings. The molecule has 0 rings (SSSR count). The van der Waals surface area contributed by atoms with E-state index in [4.69, 9.17) is 5.73 Å². The Balaban J connectivity index is 3.63. The van der Waals surface area contributed by atoms with Gasteiger partial charge in [0.25, 0.3) is 0 Å². The first-order valence-electron chi connectivity index (χ1n) is 4.10. The molecule has 10 heavy (non-hydrogen) atoms. The largest absolute Gasteiger partial charge is 0.325 e. The van der Waals surface area contributed by atoms with Crippen molar-refractivity contribution in [2.75, 3.05) is 0 Å². The maximum Gasteiger partial charge on any atom is 0.0183 e. The van der Waals surface area contributed by atoms with Gasteiger partial charge in [0.15, 0.2) is 0 Å². The monoisotopic (exact) mass is 142 g/mol. The van der Waals surface area contributed by atoms with E-state index in [1.165, 1.54) is 18.8 Å². The van der Waals surface area contributed by atoms with Gasteiger partial charge >= 0.3 is 0 Å². The first-order valence-corrected chi connectivity index (χ1v) is 4.10. The third-order valence-corrected chi connectivity index (χ3v) is 2.19. The van der Waals surface area contributed by atoms with E-state index in [9.17, 15) is 0 Å². The van der Waals surface area contributed by atoms with Gasteiger partial charge in [-0.1, -0.05) is 33.6 Å². The second kappa shape index (κ2) is 3.97. The van der Waals surface area contributed by atoms with Gasteiger partial charge in [0.2, 0.25) is 0 Å². The lowest BCUT2D eigenvalue weighted by atomic mass is 9.85. The number of nitrogens with two attached hydrogens (primary N) is 1. The summed E-state index contributed by atoms with van der Waals surface area (Å²) < 4.78 is 0. The Morgan fingerprint density at radius 1 is 1.40 bits per heavy atom. The van der Waals surface area contributed by atoms with Gasteiger partial charge in [0.05, 0.1) is 0 Å². The summed E-state index contributed by atoms with van der Waals surface area (Å²) in [5.74, 6) is 1.33. The van der Waals surface area contributed by atoms with Crippen molar-refractivity contribution in [2.24, 2.45) is 5.73 Å². The highest BCUT2D eigenvalue weighted by Gasteiger charge is 2.21. The number of hydrogen-bond donors (Lipinski definition) is 1. The highest BCUT2D eigenvalue weighted by molar-refractivity contribution is 5.02. The van der Waals surface area contributed by atoms with E-state index in [0.717, 1.165) is 6.42 Å². The van der Waals surface area contributed by atoms with Crippen LogP contribution < -0.4 is 5.73 Å². The summed E-state index contributed by atoms with van der Waals surface area (Å²) in [6.45, 7) is 8.52. The Bertz CT molecular complexity index is 84.7. The summed E-state index contributed by atoms with van der Waals surface area (Å²) in [6, 6.07) is 0. The van der Waals surface area contributed by atoms with Crippen LogP contribution in [0.15, 0.2) is 0 Å². The van der Waals surface area contributed by atoms with Crippen LogP contribution in [0, 0.1) is 5.92 Å². The first kappa shape index (κ1) is 9.96. The molecule has 0 aromatic heterocycles. The average molecular weight is 142 g/mol. The highest BCUT2D eigenvalue weighted by atomic mass is 14.7. The maximum absolute atomic E-state index is 6.01. The standard InChI is InChI=1S/C9H20N/c1-5-6-7-9(4,10)8(2)3/h5-7,10H2,1-4H3. The minimum absolute atomic E-state index is 0.0317. The molecule has 1 heteroatoms. The molecule has 1 atom stereocenters. The molecule has 0 aliphatic carbocycles. The molecular weight excluding hydrogens is 122 g/mol. The summed E-state index contributed by atoms with van der Waals surface area (Å²) in [6.07, 6.45) is 3.59. The van der Waals surface area contributed by atoms with E-state index in [1.807, 2.05) is 0 Å². The molecule has 1 nitrogen and oxygen atoms in total. The van der Waals surface area contributed by atoms with E-state index in [-0.39, 0.29) is 5.54 Å². The van der Waals surface area contributed by atoms with Crippen molar-refractivity contribution in [2.45, 2.75) is 52.5 Å². The van der Waals surface area contributed by atoms with Crippen LogP contribution in [0.25, 0.3) is 0 Å². The van der Waals surface area contributed by atoms with Gasteiger partial charge in [-0.2, -0.15) is 0 Å². The van der Waals surface area contributed by atoms with E-state index in [1.54, 1.807) is 0 Å². The second-order valence-corrected chi connectivity index (χ2v) is 3.52. The molecular formula is C9H20N. The average Bonchev–Trinajstić information content (AvgIpc) is 1.84. The van der Waals surface area contributed by atoms with Gasteiger partial charge < -0.3 is 5.73 Å². The lowest BCUT2D eigenvalue weighted by molar-refractivity contribution is 0.434. The molecule has 0 saturated heterocycles. The Kier molecular flexibility index (Phi) is 3.95. The number of hydrogen-bond acceptors (Lipinski definition) is 1. The summed E-state index contributed by atoms with van der Waals surface area (Å²) in [7, 11) is 0. The zero-order valence-electron chi connectivity index (χ0n) is 7.70. The van der Waals surface area contributed by atoms with Gasteiger partial charge in [0.1, 0.15) is 0 Å². The van der Waals surface area contributed by atoms with Crippen LogP contribution in [-0.4, -0.2) is 5.54 Å². The predicted molar refractivity (Wildman–Crippen MR) is 46.7 cm³/mol. The van der Waals surface area contributed by atoms with Crippen LogP contribution in [-0.2, 0) is 0 Å². The molecule has 0 saturated carbocycles. The van der Waals surface area contributed by atoms with Gasteiger partial charge in [-0.25, -0.2) is 0 Å². The summed E-state index contributed by atoms with van der Waals surface area (Å²) in [4.78, 5) is 0. The van der Waals surface area contributed by atoms with Gasteiger partial charge in [-0.15, -0.1) is 0 Å². The zero-order chi connectivity index (χ0) is 8.20. The minimum atomic E-state index is -0.0317. The van der Waals surface area contributed by atoms with Crippen LogP contribution in [0.5, 0.6) is 0 Å². The molecule has 1 unspecified atom stereocenters. The lowest BCUT2D eigenvalue weighted by Crippen LogP contribution is -2.40. The van der Waals surface area contributed by atoms with E-state index in [0.29, 0.717) is 0 Å². The van der Waals surface area contributed by atoms with Gasteiger partial charge in [-0.05, 0) is 19.3 Å². The second-order valence-electron chi connectivity index (χ2n) is 3.52. The van der Waals surface area contributed by atoms with Crippen molar-refractivity contribution in [3.63, 3.8) is 0 Å². The van der Waals surface area contributed by atoms with Crippen LogP contribution in [0.1, 0.15) is 47.0 Å². The molecule has 61 valence electrons. The van der Waals surface area contributed by atoms with Gasteiger partial charge in [0, 0.05) is 5.54 Å².